The molecule has 0 bridgehead atoms. The fourth-order valence-corrected chi connectivity index (χ4v) is 3.15. The number of aliphatic hydroxyl groups excluding tert-OH is 1. The molecule has 3 N–H and O–H groups in total. The van der Waals surface area contributed by atoms with Gasteiger partial charge in [-0.25, -0.2) is 9.59 Å². The van der Waals surface area contributed by atoms with Gasteiger partial charge in [0, 0.05) is 0 Å². The van der Waals surface area contributed by atoms with Crippen molar-refractivity contribution in [3.8, 4) is 0 Å². The molecule has 0 saturated heterocycles. The molecule has 0 saturated carbocycles. The third-order valence-corrected chi connectivity index (χ3v) is 4.64. The molecule has 3 atom stereocenters. The number of carbonyl (C=O) groups excluding carboxylic acids is 3. The van der Waals surface area contributed by atoms with Crippen LogP contribution in [0.4, 0.5) is 4.79 Å². The summed E-state index contributed by atoms with van der Waals surface area (Å²) in [5.41, 5.74) is 1.08. The Morgan fingerprint density at radius 2 is 1.91 bits per heavy atom. The van der Waals surface area contributed by atoms with E-state index in [1.165, 1.54) is 6.08 Å². The number of hydrogen-bond acceptors (Lipinski definition) is 9. The Morgan fingerprint density at radius 3 is 2.47 bits per heavy atom. The molecule has 2 rings (SSSR count). The maximum atomic E-state index is 13.1. The van der Waals surface area contributed by atoms with Crippen LogP contribution in [0.15, 0.2) is 54.8 Å². The molecule has 0 aromatic heterocycles. The van der Waals surface area contributed by atoms with E-state index in [0.717, 1.165) is 0 Å². The van der Waals surface area contributed by atoms with Crippen molar-refractivity contribution in [2.24, 2.45) is 0 Å². The van der Waals surface area contributed by atoms with Gasteiger partial charge in [0.25, 0.3) is 0 Å². The molecule has 1 aliphatic heterocycles. The van der Waals surface area contributed by atoms with Crippen LogP contribution in [0, 0.1) is 0 Å². The molecule has 0 radical (unpaired) electrons. The molecule has 186 valence electrons. The Morgan fingerprint density at radius 1 is 1.24 bits per heavy atom. The second-order valence-corrected chi connectivity index (χ2v) is 8.73. The lowest BCUT2D eigenvalue weighted by Gasteiger charge is -2.28. The predicted molar refractivity (Wildman–Crippen MR) is 122 cm³/mol. The van der Waals surface area contributed by atoms with Crippen molar-refractivity contribution in [2.45, 2.75) is 57.4 Å². The third-order valence-electron chi connectivity index (χ3n) is 4.64. The number of aliphatic hydroxyl groups is 1. The number of hydroxylamine groups is 1. The van der Waals surface area contributed by atoms with Crippen molar-refractivity contribution in [1.82, 2.24) is 10.8 Å². The Balaban J connectivity index is 2.12. The first-order valence-electron chi connectivity index (χ1n) is 10.8. The van der Waals surface area contributed by atoms with Crippen LogP contribution in [0.25, 0.3) is 0 Å². The number of alkyl carbamates (subject to hydrolysis) is 1. The minimum atomic E-state index is -1.44. The highest BCUT2D eigenvalue weighted by molar-refractivity contribution is 5.85. The normalized spacial score (nSPS) is 19.1. The van der Waals surface area contributed by atoms with Gasteiger partial charge in [-0.2, -0.15) is 0 Å². The van der Waals surface area contributed by atoms with E-state index in [1.807, 2.05) is 0 Å². The van der Waals surface area contributed by atoms with Gasteiger partial charge in [0.05, 0.1) is 12.5 Å². The summed E-state index contributed by atoms with van der Waals surface area (Å²) in [5, 5.41) is 13.1. The first-order valence-corrected chi connectivity index (χ1v) is 10.8. The van der Waals surface area contributed by atoms with Gasteiger partial charge in [-0.1, -0.05) is 43.0 Å². The number of allylic oxidation sites excluding steroid dienone is 1. The molecule has 1 heterocycles. The van der Waals surface area contributed by atoms with E-state index >= 15 is 0 Å². The number of rotatable bonds is 10. The van der Waals surface area contributed by atoms with Gasteiger partial charge in [-0.3, -0.25) is 4.79 Å². The van der Waals surface area contributed by atoms with Crippen LogP contribution >= 0.6 is 0 Å². The Hall–Kier alpha value is -3.37. The highest BCUT2D eigenvalue weighted by atomic mass is 16.7. The van der Waals surface area contributed by atoms with Gasteiger partial charge in [0.1, 0.15) is 30.7 Å². The molecular formula is C24H32N2O8. The molecule has 1 aromatic carbocycles. The van der Waals surface area contributed by atoms with Crippen LogP contribution in [0.5, 0.6) is 0 Å². The van der Waals surface area contributed by atoms with Crippen LogP contribution < -0.4 is 10.8 Å². The largest absolute Gasteiger partial charge is 0.461 e. The van der Waals surface area contributed by atoms with E-state index in [4.69, 9.17) is 19.0 Å². The van der Waals surface area contributed by atoms with Crippen molar-refractivity contribution in [1.29, 1.82) is 0 Å². The van der Waals surface area contributed by atoms with Crippen LogP contribution in [-0.4, -0.2) is 54.1 Å². The number of carbonyl (C=O) groups is 3. The summed E-state index contributed by atoms with van der Waals surface area (Å²) in [6.45, 7) is 9.63. The second-order valence-electron chi connectivity index (χ2n) is 8.73. The molecule has 0 spiro atoms. The van der Waals surface area contributed by atoms with Crippen LogP contribution in [-0.2, 0) is 34.2 Å². The summed E-state index contributed by atoms with van der Waals surface area (Å²) >= 11 is 0. The monoisotopic (exact) mass is 476 g/mol. The molecule has 3 unspecified atom stereocenters. The van der Waals surface area contributed by atoms with Crippen molar-refractivity contribution in [3.05, 3.63) is 60.4 Å². The number of nitrogens with one attached hydrogen (secondary N) is 2. The second kappa shape index (κ2) is 11.7. The van der Waals surface area contributed by atoms with E-state index in [0.29, 0.717) is 11.3 Å². The van der Waals surface area contributed by atoms with E-state index in [-0.39, 0.29) is 13.0 Å². The summed E-state index contributed by atoms with van der Waals surface area (Å²) in [4.78, 5) is 42.7. The van der Waals surface area contributed by atoms with Crippen molar-refractivity contribution >= 4 is 18.0 Å². The summed E-state index contributed by atoms with van der Waals surface area (Å²) in [7, 11) is 0. The van der Waals surface area contributed by atoms with Gasteiger partial charge in [-0.05, 0) is 39.3 Å². The summed E-state index contributed by atoms with van der Waals surface area (Å²) in [6.07, 6.45) is 0.260. The number of esters is 2. The highest BCUT2D eigenvalue weighted by Crippen LogP contribution is 2.31. The zero-order valence-corrected chi connectivity index (χ0v) is 19.8. The molecule has 0 fully saturated rings. The van der Waals surface area contributed by atoms with Gasteiger partial charge < -0.3 is 29.5 Å². The maximum Gasteiger partial charge on any atom is 0.407 e. The molecule has 0 aliphatic carbocycles. The van der Waals surface area contributed by atoms with Crippen molar-refractivity contribution < 1.29 is 38.5 Å². The Bertz CT molecular complexity index is 909. The maximum absolute atomic E-state index is 13.1. The van der Waals surface area contributed by atoms with Gasteiger partial charge >= 0.3 is 18.0 Å². The highest BCUT2D eigenvalue weighted by Gasteiger charge is 2.45. The lowest BCUT2D eigenvalue weighted by atomic mass is 9.90. The quantitative estimate of drug-likeness (QED) is 0.264. The van der Waals surface area contributed by atoms with Crippen LogP contribution in [0.1, 0.15) is 39.7 Å². The number of benzene rings is 1. The molecule has 1 amide bonds. The summed E-state index contributed by atoms with van der Waals surface area (Å²) in [5.74, 6) is -0.923. The van der Waals surface area contributed by atoms with E-state index in [1.54, 1.807) is 64.1 Å². The van der Waals surface area contributed by atoms with Gasteiger partial charge in [-0.15, -0.1) is 5.48 Å². The van der Waals surface area contributed by atoms with Gasteiger partial charge in [0.2, 0.25) is 0 Å². The minimum Gasteiger partial charge on any atom is -0.461 e. The Labute approximate surface area is 198 Å². The molecule has 1 aromatic rings. The summed E-state index contributed by atoms with van der Waals surface area (Å²) < 4.78 is 15.5. The molecule has 10 nitrogen and oxygen atoms in total. The Kier molecular flexibility index (Phi) is 9.22. The van der Waals surface area contributed by atoms with Gasteiger partial charge in [0.15, 0.2) is 5.54 Å². The molecule has 34 heavy (non-hydrogen) atoms. The third kappa shape index (κ3) is 7.60. The molecular weight excluding hydrogens is 444 g/mol. The van der Waals surface area contributed by atoms with E-state index < -0.39 is 47.9 Å². The fourth-order valence-electron chi connectivity index (χ4n) is 3.15. The van der Waals surface area contributed by atoms with Crippen LogP contribution in [0.2, 0.25) is 0 Å². The van der Waals surface area contributed by atoms with E-state index in [9.17, 15) is 19.5 Å². The predicted octanol–water partition coefficient (Wildman–Crippen LogP) is 2.24. The average Bonchev–Trinajstić information content (AvgIpc) is 3.17. The minimum absolute atomic E-state index is 0.0625. The molecule has 10 heteroatoms. The fraction of sp³-hybridized carbons (Fsp3) is 0.458. The standard InChI is InChI=1S/C24H32N2O8/c1-6-12-31-22(30)25-18(13-20(28)33-23(3,4)5)19(27)15-32-21(29)24(14-16(2)34-26-24)17-10-8-7-9-11-17/h6-11,14,18-19,26-27H,1,12-13,15H2,2-5H3,(H,25,30). The number of amides is 1. The lowest BCUT2D eigenvalue weighted by Crippen LogP contribution is -2.50. The first-order chi connectivity index (χ1) is 16.0. The lowest BCUT2D eigenvalue weighted by molar-refractivity contribution is -0.158. The number of hydrogen-bond donors (Lipinski definition) is 3. The smallest absolute Gasteiger partial charge is 0.407 e. The van der Waals surface area contributed by atoms with E-state index in [2.05, 4.69) is 17.4 Å². The molecule has 1 aliphatic rings. The van der Waals surface area contributed by atoms with Crippen LogP contribution in [0.3, 0.4) is 0 Å². The van der Waals surface area contributed by atoms with Crippen molar-refractivity contribution in [3.63, 3.8) is 0 Å². The summed E-state index contributed by atoms with van der Waals surface area (Å²) in [6, 6.07) is 7.64. The zero-order valence-electron chi connectivity index (χ0n) is 19.8. The zero-order chi connectivity index (χ0) is 25.4. The first kappa shape index (κ1) is 26.9. The SMILES string of the molecule is C=CCOC(=O)NC(CC(=O)OC(C)(C)C)C(O)COC(=O)C1(c2ccccc2)C=C(C)ON1. The van der Waals surface area contributed by atoms with Crippen molar-refractivity contribution in [2.75, 3.05) is 13.2 Å². The topological polar surface area (TPSA) is 132 Å². The average molecular weight is 477 g/mol. The number of ether oxygens (including phenoxy) is 3.